The summed E-state index contributed by atoms with van der Waals surface area (Å²) in [6, 6.07) is 10.1. The number of hydrazone groups is 1. The van der Waals surface area contributed by atoms with Gasteiger partial charge in [-0.25, -0.2) is 5.43 Å². The van der Waals surface area contributed by atoms with Crippen molar-refractivity contribution in [2.45, 2.75) is 20.8 Å². The third-order valence-electron chi connectivity index (χ3n) is 3.35. The van der Waals surface area contributed by atoms with Gasteiger partial charge >= 0.3 is 11.8 Å². The Morgan fingerprint density at radius 1 is 1.12 bits per heavy atom. The third kappa shape index (κ3) is 5.34. The fraction of sp³-hybridized carbons (Fsp3) is 0.211. The average molecular weight is 355 g/mol. The van der Waals surface area contributed by atoms with Crippen LogP contribution in [0.3, 0.4) is 0 Å². The van der Waals surface area contributed by atoms with Gasteiger partial charge in [0.2, 0.25) is 0 Å². The van der Waals surface area contributed by atoms with Crippen LogP contribution in [0.2, 0.25) is 0 Å². The van der Waals surface area contributed by atoms with Gasteiger partial charge < -0.3 is 15.2 Å². The molecule has 0 bridgehead atoms. The van der Waals surface area contributed by atoms with Crippen molar-refractivity contribution >= 4 is 23.7 Å². The summed E-state index contributed by atoms with van der Waals surface area (Å²) in [6.45, 7) is 6.01. The van der Waals surface area contributed by atoms with Gasteiger partial charge in [-0.1, -0.05) is 6.07 Å². The highest BCUT2D eigenvalue weighted by molar-refractivity contribution is 6.39. The minimum atomic E-state index is -0.885. The Balaban J connectivity index is 1.96. The molecule has 0 spiro atoms. The normalized spacial score (nSPS) is 10.6. The summed E-state index contributed by atoms with van der Waals surface area (Å²) in [5, 5.41) is 15.9. The molecule has 0 aliphatic heterocycles. The summed E-state index contributed by atoms with van der Waals surface area (Å²) in [5.41, 5.74) is 5.27. The van der Waals surface area contributed by atoms with Crippen molar-refractivity contribution in [1.82, 2.24) is 5.43 Å². The van der Waals surface area contributed by atoms with Crippen LogP contribution >= 0.6 is 0 Å². The SMILES string of the molecule is CCOc1cc(/C=N\NC(=O)C(=O)Nc2cc(C)cc(C)c2)ccc1O. The number of rotatable bonds is 5. The third-order valence-corrected chi connectivity index (χ3v) is 3.35. The Hall–Kier alpha value is -3.35. The molecule has 0 aromatic heterocycles. The largest absolute Gasteiger partial charge is 0.504 e. The number of nitrogens with zero attached hydrogens (tertiary/aromatic N) is 1. The molecule has 26 heavy (non-hydrogen) atoms. The van der Waals surface area contributed by atoms with Gasteiger partial charge in [0.15, 0.2) is 11.5 Å². The van der Waals surface area contributed by atoms with Gasteiger partial charge in [0.25, 0.3) is 0 Å². The molecule has 136 valence electrons. The van der Waals surface area contributed by atoms with Crippen LogP contribution in [0.25, 0.3) is 0 Å². The molecule has 2 amide bonds. The number of anilines is 1. The Morgan fingerprint density at radius 2 is 1.81 bits per heavy atom. The van der Waals surface area contributed by atoms with E-state index in [1.54, 1.807) is 31.2 Å². The van der Waals surface area contributed by atoms with Crippen LogP contribution in [0, 0.1) is 13.8 Å². The van der Waals surface area contributed by atoms with Crippen molar-refractivity contribution in [3.8, 4) is 11.5 Å². The van der Waals surface area contributed by atoms with Crippen LogP contribution in [-0.2, 0) is 9.59 Å². The summed E-state index contributed by atoms with van der Waals surface area (Å²) in [5.74, 6) is -1.37. The smallest absolute Gasteiger partial charge is 0.329 e. The summed E-state index contributed by atoms with van der Waals surface area (Å²) < 4.78 is 5.27. The fourth-order valence-electron chi connectivity index (χ4n) is 2.33. The van der Waals surface area contributed by atoms with Crippen molar-refractivity contribution in [3.63, 3.8) is 0 Å². The highest BCUT2D eigenvalue weighted by Gasteiger charge is 2.13. The molecule has 2 aromatic rings. The van der Waals surface area contributed by atoms with E-state index in [-0.39, 0.29) is 5.75 Å². The van der Waals surface area contributed by atoms with E-state index >= 15 is 0 Å². The molecule has 7 nitrogen and oxygen atoms in total. The Kier molecular flexibility index (Phi) is 6.32. The number of carbonyl (C=O) groups is 2. The topological polar surface area (TPSA) is 100 Å². The van der Waals surface area contributed by atoms with E-state index < -0.39 is 11.8 Å². The Bertz CT molecular complexity index is 826. The van der Waals surface area contributed by atoms with E-state index in [4.69, 9.17) is 4.74 Å². The van der Waals surface area contributed by atoms with Crippen molar-refractivity contribution in [1.29, 1.82) is 0 Å². The molecule has 0 atom stereocenters. The number of nitrogens with one attached hydrogen (secondary N) is 2. The van der Waals surface area contributed by atoms with Gasteiger partial charge in [-0.15, -0.1) is 0 Å². The van der Waals surface area contributed by atoms with Gasteiger partial charge in [-0.3, -0.25) is 9.59 Å². The maximum Gasteiger partial charge on any atom is 0.329 e. The molecular formula is C19H21N3O4. The zero-order chi connectivity index (χ0) is 19.1. The molecule has 0 fully saturated rings. The fourth-order valence-corrected chi connectivity index (χ4v) is 2.33. The van der Waals surface area contributed by atoms with Crippen LogP contribution in [-0.4, -0.2) is 29.7 Å². The van der Waals surface area contributed by atoms with E-state index in [1.165, 1.54) is 12.3 Å². The summed E-state index contributed by atoms with van der Waals surface area (Å²) >= 11 is 0. The molecule has 0 radical (unpaired) electrons. The zero-order valence-electron chi connectivity index (χ0n) is 14.9. The second-order valence-electron chi connectivity index (χ2n) is 5.69. The number of phenols is 1. The molecule has 0 aliphatic carbocycles. The van der Waals surface area contributed by atoms with Crippen LogP contribution < -0.4 is 15.5 Å². The highest BCUT2D eigenvalue weighted by Crippen LogP contribution is 2.26. The van der Waals surface area contributed by atoms with E-state index in [9.17, 15) is 14.7 Å². The van der Waals surface area contributed by atoms with Gasteiger partial charge in [0.1, 0.15) is 0 Å². The van der Waals surface area contributed by atoms with Crippen LogP contribution in [0.15, 0.2) is 41.5 Å². The molecule has 0 saturated heterocycles. The second kappa shape index (κ2) is 8.66. The summed E-state index contributed by atoms with van der Waals surface area (Å²) in [6.07, 6.45) is 1.35. The lowest BCUT2D eigenvalue weighted by Gasteiger charge is -2.07. The van der Waals surface area contributed by atoms with Gasteiger partial charge in [-0.2, -0.15) is 5.10 Å². The average Bonchev–Trinajstić information content (AvgIpc) is 2.56. The minimum Gasteiger partial charge on any atom is -0.504 e. The van der Waals surface area contributed by atoms with E-state index in [0.717, 1.165) is 11.1 Å². The first-order valence-electron chi connectivity index (χ1n) is 8.07. The summed E-state index contributed by atoms with van der Waals surface area (Å²) in [4.78, 5) is 23.7. The van der Waals surface area contributed by atoms with E-state index in [1.807, 2.05) is 19.9 Å². The van der Waals surface area contributed by atoms with Crippen LogP contribution in [0.1, 0.15) is 23.6 Å². The number of aromatic hydroxyl groups is 1. The first-order valence-corrected chi connectivity index (χ1v) is 8.07. The van der Waals surface area contributed by atoms with Crippen molar-refractivity contribution < 1.29 is 19.4 Å². The number of benzene rings is 2. The van der Waals surface area contributed by atoms with Gasteiger partial charge in [0.05, 0.1) is 12.8 Å². The Morgan fingerprint density at radius 3 is 2.46 bits per heavy atom. The zero-order valence-corrected chi connectivity index (χ0v) is 14.9. The number of phenolic OH excluding ortho intramolecular Hbond substituents is 1. The second-order valence-corrected chi connectivity index (χ2v) is 5.69. The summed E-state index contributed by atoms with van der Waals surface area (Å²) in [7, 11) is 0. The van der Waals surface area contributed by atoms with Gasteiger partial charge in [0, 0.05) is 5.69 Å². The number of hydrogen-bond donors (Lipinski definition) is 3. The first kappa shape index (κ1) is 19.0. The maximum absolute atomic E-state index is 11.9. The molecular weight excluding hydrogens is 334 g/mol. The lowest BCUT2D eigenvalue weighted by molar-refractivity contribution is -0.136. The molecule has 7 heteroatoms. The van der Waals surface area contributed by atoms with Gasteiger partial charge in [-0.05, 0) is 67.8 Å². The Labute approximate surface area is 151 Å². The first-order chi connectivity index (χ1) is 12.4. The molecule has 3 N–H and O–H groups in total. The predicted octanol–water partition coefficient (Wildman–Crippen LogP) is 2.50. The molecule has 2 rings (SSSR count). The number of amides is 2. The predicted molar refractivity (Wildman–Crippen MR) is 99.6 cm³/mol. The highest BCUT2D eigenvalue weighted by atomic mass is 16.5. The van der Waals surface area contributed by atoms with Crippen LogP contribution in [0.5, 0.6) is 11.5 Å². The monoisotopic (exact) mass is 355 g/mol. The molecule has 0 unspecified atom stereocenters. The molecule has 2 aromatic carbocycles. The quantitative estimate of drug-likeness (QED) is 0.436. The molecule has 0 saturated carbocycles. The minimum absolute atomic E-state index is 0.0147. The number of ether oxygens (including phenoxy) is 1. The van der Waals surface area contributed by atoms with E-state index in [0.29, 0.717) is 23.6 Å². The van der Waals surface area contributed by atoms with Crippen LogP contribution in [0.4, 0.5) is 5.69 Å². The lowest BCUT2D eigenvalue weighted by atomic mass is 10.1. The lowest BCUT2D eigenvalue weighted by Crippen LogP contribution is -2.32. The van der Waals surface area contributed by atoms with Crippen molar-refractivity contribution in [2.75, 3.05) is 11.9 Å². The van der Waals surface area contributed by atoms with Crippen molar-refractivity contribution in [2.24, 2.45) is 5.10 Å². The number of aryl methyl sites for hydroxylation is 2. The number of carbonyl (C=O) groups excluding carboxylic acids is 2. The standard InChI is InChI=1S/C19H21N3O4/c1-4-26-17-10-14(5-6-16(17)23)11-20-22-19(25)18(24)21-15-8-12(2)7-13(3)9-15/h5-11,23H,4H2,1-3H3,(H,21,24)(H,22,25)/b20-11-. The molecule has 0 heterocycles. The molecule has 0 aliphatic rings. The number of hydrogen-bond acceptors (Lipinski definition) is 5. The van der Waals surface area contributed by atoms with E-state index in [2.05, 4.69) is 15.8 Å². The van der Waals surface area contributed by atoms with Crippen molar-refractivity contribution in [3.05, 3.63) is 53.1 Å². The maximum atomic E-state index is 11.9.